The molecule has 6 heterocycles. The molecule has 0 unspecified atom stereocenters. The first-order valence-electron chi connectivity index (χ1n) is 15.3. The second kappa shape index (κ2) is 12.3. The molecule has 0 aliphatic carbocycles. The van der Waals surface area contributed by atoms with Gasteiger partial charge in [-0.05, 0) is 74.7 Å². The largest absolute Gasteiger partial charge is 0.383 e. The van der Waals surface area contributed by atoms with Crippen LogP contribution in [0.15, 0.2) is 73.2 Å². The van der Waals surface area contributed by atoms with Crippen molar-refractivity contribution in [2.45, 2.75) is 45.3 Å². The highest BCUT2D eigenvalue weighted by molar-refractivity contribution is 5.84. The molecular formula is C33H33N13. The van der Waals surface area contributed by atoms with Crippen LogP contribution >= 0.6 is 0 Å². The summed E-state index contributed by atoms with van der Waals surface area (Å²) in [4.78, 5) is 26.6. The van der Waals surface area contributed by atoms with E-state index in [0.717, 1.165) is 49.2 Å². The molecule has 7 rings (SSSR count). The van der Waals surface area contributed by atoms with Crippen molar-refractivity contribution in [3.63, 3.8) is 0 Å². The van der Waals surface area contributed by atoms with E-state index in [2.05, 4.69) is 59.6 Å². The number of fused-ring (bicyclic) bond motifs is 1. The number of likely N-dealkylation sites (tertiary alicyclic amines) is 1. The zero-order valence-corrected chi connectivity index (χ0v) is 25.6. The van der Waals surface area contributed by atoms with Gasteiger partial charge in [0.05, 0.1) is 23.5 Å². The zero-order chi connectivity index (χ0) is 31.6. The van der Waals surface area contributed by atoms with Crippen LogP contribution in [0.1, 0.15) is 44.1 Å². The summed E-state index contributed by atoms with van der Waals surface area (Å²) < 4.78 is 2.03. The number of nitriles is 1. The molecule has 0 amide bonds. The summed E-state index contributed by atoms with van der Waals surface area (Å²) in [6, 6.07) is 20.4. The van der Waals surface area contributed by atoms with Crippen molar-refractivity contribution in [2.24, 2.45) is 0 Å². The second-order valence-electron chi connectivity index (χ2n) is 11.6. The van der Waals surface area contributed by atoms with Crippen LogP contribution in [0.4, 0.5) is 11.6 Å². The monoisotopic (exact) mass is 611 g/mol. The first kappa shape index (κ1) is 29.0. The molecule has 1 aliphatic heterocycles. The number of anilines is 2. The predicted octanol–water partition coefficient (Wildman–Crippen LogP) is 4.64. The fourth-order valence-electron chi connectivity index (χ4n) is 5.72. The summed E-state index contributed by atoms with van der Waals surface area (Å²) in [5.41, 5.74) is 12.1. The number of nitrogens with zero attached hydrogens (tertiary/aromatic N) is 11. The topological polar surface area (TPSA) is 165 Å². The molecule has 1 fully saturated rings. The van der Waals surface area contributed by atoms with Gasteiger partial charge in [-0.2, -0.15) is 20.3 Å². The van der Waals surface area contributed by atoms with Crippen molar-refractivity contribution in [1.29, 1.82) is 5.26 Å². The van der Waals surface area contributed by atoms with Crippen LogP contribution in [0, 0.1) is 11.3 Å². The third kappa shape index (κ3) is 5.85. The first-order chi connectivity index (χ1) is 22.4. The summed E-state index contributed by atoms with van der Waals surface area (Å²) in [6.45, 7) is 6.84. The highest BCUT2D eigenvalue weighted by atomic mass is 15.5. The maximum atomic E-state index is 9.08. The number of aromatic nitrogens is 9. The Hall–Kier alpha value is -5.74. The molecule has 0 saturated carbocycles. The van der Waals surface area contributed by atoms with E-state index in [-0.39, 0.29) is 11.9 Å². The van der Waals surface area contributed by atoms with E-state index in [4.69, 9.17) is 21.0 Å². The van der Waals surface area contributed by atoms with E-state index in [1.807, 2.05) is 48.7 Å². The molecule has 230 valence electrons. The minimum absolute atomic E-state index is 0.146. The minimum Gasteiger partial charge on any atom is -0.383 e. The van der Waals surface area contributed by atoms with Crippen LogP contribution in [0.25, 0.3) is 39.6 Å². The van der Waals surface area contributed by atoms with Crippen molar-refractivity contribution in [3.8, 4) is 34.5 Å². The summed E-state index contributed by atoms with van der Waals surface area (Å²) in [7, 11) is 0. The van der Waals surface area contributed by atoms with Crippen LogP contribution in [0.2, 0.25) is 0 Å². The fraction of sp³-hybridized carbons (Fsp3) is 0.273. The summed E-state index contributed by atoms with van der Waals surface area (Å²) in [6.07, 6.45) is 7.00. The van der Waals surface area contributed by atoms with Gasteiger partial charge in [0.2, 0.25) is 5.82 Å². The van der Waals surface area contributed by atoms with Gasteiger partial charge in [-0.25, -0.2) is 24.9 Å². The van der Waals surface area contributed by atoms with Gasteiger partial charge >= 0.3 is 0 Å². The van der Waals surface area contributed by atoms with Crippen molar-refractivity contribution in [1.82, 2.24) is 49.4 Å². The standard InChI is InChI=1S/C33H33N13/c1-21(2)46-38-19-28(43-46)26-9-10-27-33(40-26)45(32(41-27)25-4-3-14-37-31(25)35)24-7-5-22(6-8-24)20-44-16-12-23(13-17-44)39-29-11-15-36-30(18-34)42-29/h3-11,14-15,19,21,23H,12-13,16-17,20H2,1-2H3,(H2,35,37)(H,36,39,42). The van der Waals surface area contributed by atoms with E-state index in [1.165, 1.54) is 5.56 Å². The number of hydrogen-bond donors (Lipinski definition) is 2. The van der Waals surface area contributed by atoms with E-state index < -0.39 is 0 Å². The SMILES string of the molecule is CC(C)n1ncc(-c2ccc3nc(-c4cccnc4N)n(-c4ccc(CN5CCC(Nc6ccnc(C#N)n6)CC5)cc4)c3n2)n1. The van der Waals surface area contributed by atoms with Crippen molar-refractivity contribution < 1.29 is 0 Å². The number of rotatable bonds is 8. The normalized spacial score (nSPS) is 14.1. The Balaban J connectivity index is 1.13. The number of nitrogen functional groups attached to an aromatic ring is 1. The number of pyridine rings is 2. The number of piperidine rings is 1. The van der Waals surface area contributed by atoms with E-state index in [0.29, 0.717) is 40.5 Å². The average Bonchev–Trinajstić information content (AvgIpc) is 3.72. The van der Waals surface area contributed by atoms with Gasteiger partial charge in [0.25, 0.3) is 0 Å². The van der Waals surface area contributed by atoms with Crippen LogP contribution in [-0.2, 0) is 6.54 Å². The van der Waals surface area contributed by atoms with Crippen LogP contribution in [0.3, 0.4) is 0 Å². The molecular weight excluding hydrogens is 578 g/mol. The van der Waals surface area contributed by atoms with E-state index in [9.17, 15) is 0 Å². The van der Waals surface area contributed by atoms with Crippen molar-refractivity contribution in [3.05, 3.63) is 84.6 Å². The highest BCUT2D eigenvalue weighted by Gasteiger charge is 2.22. The van der Waals surface area contributed by atoms with E-state index in [1.54, 1.807) is 29.5 Å². The maximum Gasteiger partial charge on any atom is 0.234 e. The van der Waals surface area contributed by atoms with Crippen molar-refractivity contribution in [2.75, 3.05) is 24.1 Å². The fourth-order valence-corrected chi connectivity index (χ4v) is 5.72. The minimum atomic E-state index is 0.146. The van der Waals surface area contributed by atoms with Crippen LogP contribution in [0.5, 0.6) is 0 Å². The van der Waals surface area contributed by atoms with Gasteiger partial charge in [0, 0.05) is 43.8 Å². The first-order valence-corrected chi connectivity index (χ1v) is 15.3. The Morgan fingerprint density at radius 1 is 0.957 bits per heavy atom. The highest BCUT2D eigenvalue weighted by Crippen LogP contribution is 2.32. The summed E-state index contributed by atoms with van der Waals surface area (Å²) in [5.74, 6) is 1.95. The van der Waals surface area contributed by atoms with Gasteiger partial charge < -0.3 is 11.1 Å². The molecule has 0 bridgehead atoms. The summed E-state index contributed by atoms with van der Waals surface area (Å²) >= 11 is 0. The summed E-state index contributed by atoms with van der Waals surface area (Å²) in [5, 5.41) is 21.6. The lowest BCUT2D eigenvalue weighted by molar-refractivity contribution is 0.211. The molecule has 46 heavy (non-hydrogen) atoms. The second-order valence-corrected chi connectivity index (χ2v) is 11.6. The number of benzene rings is 1. The molecule has 13 heteroatoms. The third-order valence-electron chi connectivity index (χ3n) is 8.11. The van der Waals surface area contributed by atoms with Crippen molar-refractivity contribution >= 4 is 22.8 Å². The molecule has 13 nitrogen and oxygen atoms in total. The van der Waals surface area contributed by atoms with Gasteiger partial charge in [-0.3, -0.25) is 9.47 Å². The molecule has 0 atom stereocenters. The van der Waals surface area contributed by atoms with Gasteiger partial charge in [0.15, 0.2) is 11.5 Å². The Morgan fingerprint density at radius 3 is 2.52 bits per heavy atom. The van der Waals surface area contributed by atoms with Crippen LogP contribution < -0.4 is 11.1 Å². The van der Waals surface area contributed by atoms with Gasteiger partial charge in [-0.15, -0.1) is 0 Å². The van der Waals surface area contributed by atoms with E-state index >= 15 is 0 Å². The number of nitrogens with one attached hydrogen (secondary N) is 1. The Morgan fingerprint density at radius 2 is 1.78 bits per heavy atom. The average molecular weight is 612 g/mol. The van der Waals surface area contributed by atoms with Gasteiger partial charge in [0.1, 0.15) is 28.9 Å². The Kier molecular flexibility index (Phi) is 7.78. The number of nitrogens with two attached hydrogens (primary N) is 1. The molecule has 3 N–H and O–H groups in total. The molecule has 5 aromatic heterocycles. The molecule has 0 spiro atoms. The predicted molar refractivity (Wildman–Crippen MR) is 175 cm³/mol. The lowest BCUT2D eigenvalue weighted by atomic mass is 10.0. The third-order valence-corrected chi connectivity index (χ3v) is 8.11. The number of imidazole rings is 1. The Labute approximate surface area is 265 Å². The zero-order valence-electron chi connectivity index (χ0n) is 25.6. The molecule has 0 radical (unpaired) electrons. The van der Waals surface area contributed by atoms with Gasteiger partial charge in [-0.1, -0.05) is 12.1 Å². The molecule has 1 aromatic carbocycles. The molecule has 1 aliphatic rings. The molecule has 1 saturated heterocycles. The number of hydrogen-bond acceptors (Lipinski definition) is 11. The Bertz CT molecular complexity index is 2030. The lowest BCUT2D eigenvalue weighted by Crippen LogP contribution is -2.38. The maximum absolute atomic E-state index is 9.08. The van der Waals surface area contributed by atoms with Crippen LogP contribution in [-0.4, -0.2) is 68.5 Å². The smallest absolute Gasteiger partial charge is 0.234 e. The lowest BCUT2D eigenvalue weighted by Gasteiger charge is -2.32. The molecule has 6 aromatic rings. The quantitative estimate of drug-likeness (QED) is 0.246.